The second-order valence-electron chi connectivity index (χ2n) is 5.71. The normalized spacial score (nSPS) is 21.4. The Morgan fingerprint density at radius 3 is 2.83 bits per heavy atom. The molecule has 0 spiro atoms. The minimum absolute atomic E-state index is 0.256. The zero-order valence-corrected chi connectivity index (χ0v) is 13.7. The van der Waals surface area contributed by atoms with Crippen LogP contribution in [0.3, 0.4) is 0 Å². The van der Waals surface area contributed by atoms with Gasteiger partial charge in [-0.3, -0.25) is 9.69 Å². The molecule has 1 aromatic rings. The number of rotatable bonds is 7. The molecule has 4 N–H and O–H groups in total. The Labute approximate surface area is 139 Å². The molecule has 0 saturated carbocycles. The summed E-state index contributed by atoms with van der Waals surface area (Å²) < 4.78 is 10.5. The Morgan fingerprint density at radius 1 is 1.52 bits per heavy atom. The Kier molecular flexibility index (Phi) is 5.69. The van der Waals surface area contributed by atoms with Crippen LogP contribution in [0.1, 0.15) is 12.0 Å². The smallest absolute Gasteiger partial charge is 0.255 e. The Balaban J connectivity index is 2.12. The second kappa shape index (κ2) is 7.35. The molecule has 8 heteroatoms. The molecule has 1 amide bonds. The molecule has 1 aliphatic rings. The van der Waals surface area contributed by atoms with Crippen molar-refractivity contribution in [2.45, 2.75) is 18.6 Å². The highest BCUT2D eigenvalue weighted by molar-refractivity contribution is 6.32. The first-order valence-electron chi connectivity index (χ1n) is 7.20. The summed E-state index contributed by atoms with van der Waals surface area (Å²) in [5, 5.41) is 19.6. The van der Waals surface area contributed by atoms with Gasteiger partial charge in [0.25, 0.3) is 5.91 Å². The van der Waals surface area contributed by atoms with E-state index in [4.69, 9.17) is 26.8 Å². The van der Waals surface area contributed by atoms with Crippen molar-refractivity contribution in [1.29, 1.82) is 0 Å². The van der Waals surface area contributed by atoms with E-state index in [2.05, 4.69) is 0 Å². The minimum Gasteiger partial charge on any atom is -0.493 e. The number of β-amino-alcohol motifs (C(OH)–C–C–N with tert-alkyl or cyclic N) is 1. The van der Waals surface area contributed by atoms with Crippen LogP contribution in [0.4, 0.5) is 0 Å². The van der Waals surface area contributed by atoms with Crippen LogP contribution < -0.4 is 15.2 Å². The number of carbonyl (C=O) groups excluding carboxylic acids is 1. The van der Waals surface area contributed by atoms with Crippen molar-refractivity contribution in [2.24, 2.45) is 5.73 Å². The van der Waals surface area contributed by atoms with Crippen LogP contribution in [0.2, 0.25) is 5.02 Å². The third-order valence-electron chi connectivity index (χ3n) is 3.76. The number of likely N-dealkylation sites (tertiary alicyclic amines) is 1. The summed E-state index contributed by atoms with van der Waals surface area (Å²) in [6.45, 7) is 1.08. The number of halogens is 1. The van der Waals surface area contributed by atoms with Crippen molar-refractivity contribution in [2.75, 3.05) is 33.4 Å². The standard InChI is InChI=1S/C15H21ClN2O5/c1-22-12-5-10(4-11(16)14(12)23-7-13(17)20)6-18-3-2-15(21,8-18)9-19/h4-5,19,21H,2-3,6-9H2,1H3,(H2,17,20)/t15-/m0/s1. The maximum atomic E-state index is 10.8. The Bertz CT molecular complexity index is 583. The van der Waals surface area contributed by atoms with Crippen LogP contribution in [0, 0.1) is 0 Å². The maximum absolute atomic E-state index is 10.8. The number of methoxy groups -OCH3 is 1. The molecule has 1 aromatic carbocycles. The SMILES string of the molecule is COc1cc(CN2CC[C@@](O)(CO)C2)cc(Cl)c1OCC(N)=O. The van der Waals surface area contributed by atoms with E-state index < -0.39 is 11.5 Å². The highest BCUT2D eigenvalue weighted by atomic mass is 35.5. The van der Waals surface area contributed by atoms with Crippen molar-refractivity contribution >= 4 is 17.5 Å². The maximum Gasteiger partial charge on any atom is 0.255 e. The van der Waals surface area contributed by atoms with Crippen molar-refractivity contribution in [3.8, 4) is 11.5 Å². The van der Waals surface area contributed by atoms with E-state index in [0.29, 0.717) is 36.8 Å². The third kappa shape index (κ3) is 4.48. The summed E-state index contributed by atoms with van der Waals surface area (Å²) in [5.74, 6) is 0.0721. The van der Waals surface area contributed by atoms with E-state index in [1.807, 2.05) is 4.90 Å². The molecule has 0 aromatic heterocycles. The monoisotopic (exact) mass is 344 g/mol. The zero-order chi connectivity index (χ0) is 17.0. The summed E-state index contributed by atoms with van der Waals surface area (Å²) in [5.41, 5.74) is 4.89. The molecule has 1 atom stereocenters. The molecule has 1 fully saturated rings. The molecule has 23 heavy (non-hydrogen) atoms. The van der Waals surface area contributed by atoms with Gasteiger partial charge in [-0.1, -0.05) is 11.6 Å². The van der Waals surface area contributed by atoms with Gasteiger partial charge < -0.3 is 25.4 Å². The summed E-state index contributed by atoms with van der Waals surface area (Å²) in [6, 6.07) is 3.48. The zero-order valence-electron chi connectivity index (χ0n) is 12.9. The van der Waals surface area contributed by atoms with E-state index in [1.165, 1.54) is 7.11 Å². The number of nitrogens with two attached hydrogens (primary N) is 1. The number of aliphatic hydroxyl groups excluding tert-OH is 1. The van der Waals surface area contributed by atoms with Crippen molar-refractivity contribution < 1.29 is 24.5 Å². The van der Waals surface area contributed by atoms with Gasteiger partial charge >= 0.3 is 0 Å². The van der Waals surface area contributed by atoms with Gasteiger partial charge in [-0.15, -0.1) is 0 Å². The molecule has 128 valence electrons. The molecule has 1 aliphatic heterocycles. The van der Waals surface area contributed by atoms with Gasteiger partial charge in [0.1, 0.15) is 5.60 Å². The number of benzene rings is 1. The molecule has 0 unspecified atom stereocenters. The van der Waals surface area contributed by atoms with Gasteiger partial charge in [0.05, 0.1) is 18.7 Å². The predicted molar refractivity (Wildman–Crippen MR) is 84.6 cm³/mol. The lowest BCUT2D eigenvalue weighted by Crippen LogP contribution is -2.36. The molecule has 0 bridgehead atoms. The average Bonchev–Trinajstić information content (AvgIpc) is 2.87. The largest absolute Gasteiger partial charge is 0.493 e. The Morgan fingerprint density at radius 2 is 2.26 bits per heavy atom. The predicted octanol–water partition coefficient (Wildman–Crippen LogP) is 0.142. The van der Waals surface area contributed by atoms with Crippen molar-refractivity contribution in [1.82, 2.24) is 4.90 Å². The number of carbonyl (C=O) groups is 1. The molecule has 2 rings (SSSR count). The molecule has 0 aliphatic carbocycles. The fraction of sp³-hybridized carbons (Fsp3) is 0.533. The van der Waals surface area contributed by atoms with Crippen LogP contribution in [-0.2, 0) is 11.3 Å². The molecule has 0 radical (unpaired) electrons. The topological polar surface area (TPSA) is 105 Å². The number of primary amides is 1. The summed E-state index contributed by atoms with van der Waals surface area (Å²) in [4.78, 5) is 12.9. The minimum atomic E-state index is -1.04. The average molecular weight is 345 g/mol. The number of ether oxygens (including phenoxy) is 2. The number of amides is 1. The summed E-state index contributed by atoms with van der Waals surface area (Å²) in [7, 11) is 1.48. The Hall–Kier alpha value is -1.54. The number of hydrogen-bond acceptors (Lipinski definition) is 6. The molecule has 7 nitrogen and oxygen atoms in total. The first-order chi connectivity index (χ1) is 10.9. The van der Waals surface area contributed by atoms with Gasteiger partial charge in [-0.05, 0) is 24.1 Å². The lowest BCUT2D eigenvalue weighted by molar-refractivity contribution is -0.119. The first kappa shape index (κ1) is 17.8. The highest BCUT2D eigenvalue weighted by Gasteiger charge is 2.35. The first-order valence-corrected chi connectivity index (χ1v) is 7.58. The summed E-state index contributed by atoms with van der Waals surface area (Å²) >= 11 is 6.20. The van der Waals surface area contributed by atoms with Gasteiger partial charge in [-0.2, -0.15) is 0 Å². The van der Waals surface area contributed by atoms with E-state index >= 15 is 0 Å². The van der Waals surface area contributed by atoms with E-state index in [-0.39, 0.29) is 19.0 Å². The van der Waals surface area contributed by atoms with Crippen LogP contribution >= 0.6 is 11.6 Å². The van der Waals surface area contributed by atoms with Gasteiger partial charge in [0, 0.05) is 19.6 Å². The third-order valence-corrected chi connectivity index (χ3v) is 4.04. The number of aliphatic hydroxyl groups is 2. The van der Waals surface area contributed by atoms with E-state index in [0.717, 1.165) is 5.56 Å². The lowest BCUT2D eigenvalue weighted by Gasteiger charge is -2.21. The van der Waals surface area contributed by atoms with Crippen molar-refractivity contribution in [3.63, 3.8) is 0 Å². The lowest BCUT2D eigenvalue weighted by atomic mass is 10.1. The highest BCUT2D eigenvalue weighted by Crippen LogP contribution is 2.37. The van der Waals surface area contributed by atoms with Crippen LogP contribution in [0.5, 0.6) is 11.5 Å². The van der Waals surface area contributed by atoms with Crippen molar-refractivity contribution in [3.05, 3.63) is 22.7 Å². The van der Waals surface area contributed by atoms with E-state index in [1.54, 1.807) is 12.1 Å². The molecule has 1 saturated heterocycles. The van der Waals surface area contributed by atoms with Gasteiger partial charge in [0.15, 0.2) is 18.1 Å². The van der Waals surface area contributed by atoms with Crippen LogP contribution in [-0.4, -0.2) is 60.0 Å². The second-order valence-corrected chi connectivity index (χ2v) is 6.11. The van der Waals surface area contributed by atoms with Crippen LogP contribution in [0.15, 0.2) is 12.1 Å². The van der Waals surface area contributed by atoms with Crippen LogP contribution in [0.25, 0.3) is 0 Å². The molecule has 1 heterocycles. The fourth-order valence-electron chi connectivity index (χ4n) is 2.61. The van der Waals surface area contributed by atoms with Gasteiger partial charge in [0.2, 0.25) is 0 Å². The van der Waals surface area contributed by atoms with Gasteiger partial charge in [-0.25, -0.2) is 0 Å². The number of hydrogen-bond donors (Lipinski definition) is 3. The van der Waals surface area contributed by atoms with E-state index in [9.17, 15) is 15.0 Å². The molecular formula is C15H21ClN2O5. The fourth-order valence-corrected chi connectivity index (χ4v) is 2.90. The molecular weight excluding hydrogens is 324 g/mol. The number of nitrogens with zero attached hydrogens (tertiary/aromatic N) is 1. The quantitative estimate of drug-likeness (QED) is 0.650. The summed E-state index contributed by atoms with van der Waals surface area (Å²) in [6.07, 6.45) is 0.522.